The zero-order valence-corrected chi connectivity index (χ0v) is 11.2. The Morgan fingerprint density at radius 1 is 1.11 bits per heavy atom. The molecule has 3 unspecified atom stereocenters. The fraction of sp³-hybridized carbons (Fsp3) is 0.588. The van der Waals surface area contributed by atoms with E-state index in [9.17, 15) is 4.79 Å². The number of carbonyl (C=O) groups excluding carboxylic acids is 1. The van der Waals surface area contributed by atoms with Gasteiger partial charge >= 0.3 is 0 Å². The van der Waals surface area contributed by atoms with E-state index < -0.39 is 0 Å². The first-order valence-corrected chi connectivity index (χ1v) is 7.36. The zero-order valence-electron chi connectivity index (χ0n) is 11.2. The summed E-state index contributed by atoms with van der Waals surface area (Å²) < 4.78 is 0. The number of aryl methyl sites for hydroxylation is 1. The molecule has 2 aliphatic rings. The lowest BCUT2D eigenvalue weighted by molar-refractivity contribution is -0.128. The van der Waals surface area contributed by atoms with Gasteiger partial charge in [-0.25, -0.2) is 0 Å². The minimum Gasteiger partial charge on any atom is -0.299 e. The van der Waals surface area contributed by atoms with Crippen LogP contribution in [0.5, 0.6) is 0 Å². The highest BCUT2D eigenvalue weighted by Crippen LogP contribution is 2.36. The van der Waals surface area contributed by atoms with Gasteiger partial charge in [-0.05, 0) is 49.1 Å². The van der Waals surface area contributed by atoms with Gasteiger partial charge in [0.1, 0.15) is 5.78 Å². The molecular weight excluding hydrogens is 220 g/mol. The highest BCUT2D eigenvalue weighted by atomic mass is 16.1. The van der Waals surface area contributed by atoms with Crippen molar-refractivity contribution in [3.63, 3.8) is 0 Å². The molecule has 0 radical (unpaired) electrons. The average molecular weight is 242 g/mol. The van der Waals surface area contributed by atoms with E-state index in [0.29, 0.717) is 23.5 Å². The summed E-state index contributed by atoms with van der Waals surface area (Å²) in [6.45, 7) is 2.26. The number of rotatable bonds is 2. The molecule has 1 heteroatoms. The molecule has 1 aromatic carbocycles. The molecule has 1 aromatic rings. The molecule has 1 saturated carbocycles. The van der Waals surface area contributed by atoms with E-state index in [1.165, 1.54) is 24.0 Å². The number of carbonyl (C=O) groups is 1. The fourth-order valence-electron chi connectivity index (χ4n) is 3.81. The van der Waals surface area contributed by atoms with Crippen LogP contribution in [0.4, 0.5) is 0 Å². The number of Topliss-reactive ketones (excluding diaryl/α,β-unsaturated/α-hetero) is 1. The van der Waals surface area contributed by atoms with Crippen LogP contribution >= 0.6 is 0 Å². The third-order valence-corrected chi connectivity index (χ3v) is 4.98. The Balaban J connectivity index is 1.74. The minimum absolute atomic E-state index is 0.297. The summed E-state index contributed by atoms with van der Waals surface area (Å²) in [6.07, 6.45) is 6.78. The number of ketones is 1. The molecule has 0 aliphatic heterocycles. The van der Waals surface area contributed by atoms with E-state index in [1.54, 1.807) is 0 Å². The van der Waals surface area contributed by atoms with Gasteiger partial charge in [-0.2, -0.15) is 0 Å². The maximum Gasteiger partial charge on any atom is 0.139 e. The van der Waals surface area contributed by atoms with Crippen LogP contribution in [0.3, 0.4) is 0 Å². The topological polar surface area (TPSA) is 17.1 Å². The summed E-state index contributed by atoms with van der Waals surface area (Å²) in [5.74, 6) is 1.84. The molecule has 3 rings (SSSR count). The Bertz CT molecular complexity index is 449. The molecule has 0 bridgehead atoms. The number of benzene rings is 1. The summed E-state index contributed by atoms with van der Waals surface area (Å²) in [5.41, 5.74) is 2.87. The lowest BCUT2D eigenvalue weighted by Crippen LogP contribution is -2.29. The first-order chi connectivity index (χ1) is 8.75. The molecule has 1 nitrogen and oxygen atoms in total. The largest absolute Gasteiger partial charge is 0.299 e. The molecule has 96 valence electrons. The van der Waals surface area contributed by atoms with Crippen LogP contribution in [0.15, 0.2) is 24.3 Å². The molecule has 0 aromatic heterocycles. The number of fused-ring (bicyclic) bond motifs is 1. The Labute approximate surface area is 110 Å². The van der Waals surface area contributed by atoms with Crippen LogP contribution in [0.1, 0.15) is 43.7 Å². The van der Waals surface area contributed by atoms with Crippen molar-refractivity contribution < 1.29 is 4.79 Å². The van der Waals surface area contributed by atoms with E-state index in [2.05, 4.69) is 31.2 Å². The molecule has 1 fully saturated rings. The second-order valence-corrected chi connectivity index (χ2v) is 6.13. The van der Waals surface area contributed by atoms with Crippen molar-refractivity contribution in [1.29, 1.82) is 0 Å². The maximum absolute atomic E-state index is 12.6. The third kappa shape index (κ3) is 2.11. The average Bonchev–Trinajstić information content (AvgIpc) is 2.83. The summed E-state index contributed by atoms with van der Waals surface area (Å²) in [7, 11) is 0. The van der Waals surface area contributed by atoms with Crippen molar-refractivity contribution in [3.8, 4) is 0 Å². The second kappa shape index (κ2) is 4.87. The smallest absolute Gasteiger partial charge is 0.139 e. The summed E-state index contributed by atoms with van der Waals surface area (Å²) >= 11 is 0. The standard InChI is InChI=1S/C17H22O/c1-12-5-4-8-16(12)17(18)15-10-9-13-6-2-3-7-14(13)11-15/h2-3,6-7,12,15-16H,4-5,8-11H2,1H3. The van der Waals surface area contributed by atoms with Crippen LogP contribution in [0.25, 0.3) is 0 Å². The maximum atomic E-state index is 12.6. The Morgan fingerprint density at radius 2 is 1.89 bits per heavy atom. The summed E-state index contributed by atoms with van der Waals surface area (Å²) in [5, 5.41) is 0. The van der Waals surface area contributed by atoms with Gasteiger partial charge in [0, 0.05) is 11.8 Å². The lowest BCUT2D eigenvalue weighted by atomic mass is 9.76. The highest BCUT2D eigenvalue weighted by Gasteiger charge is 2.35. The van der Waals surface area contributed by atoms with Crippen molar-refractivity contribution in [2.75, 3.05) is 0 Å². The summed E-state index contributed by atoms with van der Waals surface area (Å²) in [4.78, 5) is 12.6. The van der Waals surface area contributed by atoms with Crippen molar-refractivity contribution in [2.45, 2.75) is 45.4 Å². The van der Waals surface area contributed by atoms with Gasteiger partial charge in [0.25, 0.3) is 0 Å². The molecular formula is C17H22O. The Morgan fingerprint density at radius 3 is 2.61 bits per heavy atom. The molecule has 0 spiro atoms. The molecule has 0 N–H and O–H groups in total. The number of hydrogen-bond acceptors (Lipinski definition) is 1. The van der Waals surface area contributed by atoms with Gasteiger partial charge in [-0.1, -0.05) is 37.6 Å². The monoisotopic (exact) mass is 242 g/mol. The Kier molecular flexibility index (Phi) is 3.23. The van der Waals surface area contributed by atoms with Crippen molar-refractivity contribution >= 4 is 5.78 Å². The molecule has 18 heavy (non-hydrogen) atoms. The lowest BCUT2D eigenvalue weighted by Gasteiger charge is -2.27. The second-order valence-electron chi connectivity index (χ2n) is 6.13. The van der Waals surface area contributed by atoms with Gasteiger partial charge in [0.15, 0.2) is 0 Å². The minimum atomic E-state index is 0.297. The number of hydrogen-bond donors (Lipinski definition) is 0. The fourth-order valence-corrected chi connectivity index (χ4v) is 3.81. The molecule has 0 heterocycles. The predicted octanol–water partition coefficient (Wildman–Crippen LogP) is 3.80. The van der Waals surface area contributed by atoms with Gasteiger partial charge < -0.3 is 0 Å². The zero-order chi connectivity index (χ0) is 12.5. The molecule has 3 atom stereocenters. The van der Waals surface area contributed by atoms with E-state index in [0.717, 1.165) is 25.7 Å². The first kappa shape index (κ1) is 12.0. The molecule has 0 amide bonds. The predicted molar refractivity (Wildman–Crippen MR) is 73.5 cm³/mol. The summed E-state index contributed by atoms with van der Waals surface area (Å²) in [6, 6.07) is 8.63. The quantitative estimate of drug-likeness (QED) is 0.771. The highest BCUT2D eigenvalue weighted by molar-refractivity contribution is 5.84. The third-order valence-electron chi connectivity index (χ3n) is 4.98. The Hall–Kier alpha value is -1.11. The van der Waals surface area contributed by atoms with E-state index in [1.807, 2.05) is 0 Å². The van der Waals surface area contributed by atoms with Gasteiger partial charge in [-0.3, -0.25) is 4.79 Å². The van der Waals surface area contributed by atoms with Crippen LogP contribution < -0.4 is 0 Å². The van der Waals surface area contributed by atoms with Gasteiger partial charge in [-0.15, -0.1) is 0 Å². The van der Waals surface area contributed by atoms with Crippen molar-refractivity contribution in [1.82, 2.24) is 0 Å². The van der Waals surface area contributed by atoms with Crippen LogP contribution in [0, 0.1) is 17.8 Å². The van der Waals surface area contributed by atoms with Crippen LogP contribution in [0.2, 0.25) is 0 Å². The van der Waals surface area contributed by atoms with Gasteiger partial charge in [0.05, 0.1) is 0 Å². The van der Waals surface area contributed by atoms with Crippen LogP contribution in [-0.4, -0.2) is 5.78 Å². The normalized spacial score (nSPS) is 31.1. The molecule has 0 saturated heterocycles. The molecule has 2 aliphatic carbocycles. The first-order valence-electron chi connectivity index (χ1n) is 7.36. The van der Waals surface area contributed by atoms with E-state index in [4.69, 9.17) is 0 Å². The van der Waals surface area contributed by atoms with E-state index >= 15 is 0 Å². The van der Waals surface area contributed by atoms with Crippen molar-refractivity contribution in [3.05, 3.63) is 35.4 Å². The van der Waals surface area contributed by atoms with Crippen molar-refractivity contribution in [2.24, 2.45) is 17.8 Å². The van der Waals surface area contributed by atoms with Crippen LogP contribution in [-0.2, 0) is 17.6 Å². The SMILES string of the molecule is CC1CCCC1C(=O)C1CCc2ccccc2C1. The van der Waals surface area contributed by atoms with Gasteiger partial charge in [0.2, 0.25) is 0 Å². The van der Waals surface area contributed by atoms with E-state index in [-0.39, 0.29) is 0 Å².